The minimum Gasteiger partial charge on any atom is -0.481 e. The van der Waals surface area contributed by atoms with E-state index in [1.54, 1.807) is 0 Å². The molecule has 0 aromatic heterocycles. The Balaban J connectivity index is 0.000000178. The Kier molecular flexibility index (Phi) is 13.2. The standard InChI is InChI=1S/C26H43NO4.C24H40O3/c1-16(4-9-23(29)27-15-24(30)31)20-7-8-21-19-6-5-17-14-18(28)10-12-25(17,2)22(19)11-13-26(20,21)3;1-15(4-9-22(26)27)19-7-8-20-18-6-5-16-14-17(25)10-12-23(16,2)21(18)11-13-24(19,20)3/h16-22,28H,4-15H2,1-3H3,(H,27,29)(H,30,31);15-21,25H,4-14H2,1-3H3,(H,26,27)/t16-,17+,18+,19+,20-,21+,22+,25+,26-;15-,16+,17+,18+,19-,20+,21+,23+,24-/m11/s1. The lowest BCUT2D eigenvalue weighted by atomic mass is 9.44. The smallest absolute Gasteiger partial charge is 0.322 e. The number of carbonyl (C=O) groups is 3. The highest BCUT2D eigenvalue weighted by Gasteiger charge is 2.62. The third-order valence-corrected chi connectivity index (χ3v) is 20.9. The molecule has 0 bridgehead atoms. The highest BCUT2D eigenvalue weighted by Crippen LogP contribution is 2.70. The molecule has 0 aromatic carbocycles. The number of amides is 1. The van der Waals surface area contributed by atoms with Crippen LogP contribution in [-0.4, -0.2) is 57.0 Å². The second-order valence-corrected chi connectivity index (χ2v) is 23.2. The van der Waals surface area contributed by atoms with E-state index in [4.69, 9.17) is 10.2 Å². The molecule has 0 spiro atoms. The number of aliphatic hydroxyl groups is 2. The zero-order valence-corrected chi connectivity index (χ0v) is 37.4. The number of carboxylic acid groups (broad SMARTS) is 2. The van der Waals surface area contributed by atoms with Crippen LogP contribution in [0.25, 0.3) is 0 Å². The Morgan fingerprint density at radius 2 is 0.948 bits per heavy atom. The van der Waals surface area contributed by atoms with Crippen LogP contribution in [0.1, 0.15) is 183 Å². The molecule has 8 aliphatic carbocycles. The van der Waals surface area contributed by atoms with Gasteiger partial charge in [-0.2, -0.15) is 0 Å². The monoisotopic (exact) mass is 810 g/mol. The van der Waals surface area contributed by atoms with E-state index in [9.17, 15) is 24.6 Å². The summed E-state index contributed by atoms with van der Waals surface area (Å²) in [5.74, 6) is 7.14. The van der Waals surface area contributed by atoms with E-state index in [-0.39, 0.29) is 24.7 Å². The molecule has 0 aromatic rings. The number of hydrogen-bond donors (Lipinski definition) is 5. The summed E-state index contributed by atoms with van der Waals surface area (Å²) in [6, 6.07) is 0. The van der Waals surface area contributed by atoms with E-state index in [1.165, 1.54) is 89.9 Å². The number of nitrogens with one attached hydrogen (secondary N) is 1. The molecule has 0 radical (unpaired) electrons. The molecule has 0 aliphatic heterocycles. The van der Waals surface area contributed by atoms with Gasteiger partial charge in [0.1, 0.15) is 6.54 Å². The number of rotatable bonds is 10. The lowest BCUT2D eigenvalue weighted by Crippen LogP contribution is -2.54. The molecule has 8 rings (SSSR count). The number of aliphatic hydroxyl groups excluding tert-OH is 2. The Bertz CT molecular complexity index is 1480. The highest BCUT2D eigenvalue weighted by atomic mass is 16.4. The largest absolute Gasteiger partial charge is 0.481 e. The van der Waals surface area contributed by atoms with Crippen LogP contribution in [0.2, 0.25) is 0 Å². The maximum absolute atomic E-state index is 12.0. The van der Waals surface area contributed by atoms with Gasteiger partial charge in [-0.1, -0.05) is 41.5 Å². The second kappa shape index (κ2) is 17.2. The van der Waals surface area contributed by atoms with Crippen molar-refractivity contribution in [2.45, 2.75) is 195 Å². The number of aliphatic carboxylic acids is 2. The fraction of sp³-hybridized carbons (Fsp3) is 0.940. The number of hydrogen-bond acceptors (Lipinski definition) is 5. The normalized spacial score (nSPS) is 47.6. The first kappa shape index (κ1) is 44.4. The first-order valence-corrected chi connectivity index (χ1v) is 24.5. The van der Waals surface area contributed by atoms with Gasteiger partial charge in [-0.25, -0.2) is 0 Å². The van der Waals surface area contributed by atoms with E-state index < -0.39 is 11.9 Å². The Labute approximate surface area is 351 Å². The molecule has 0 heterocycles. The zero-order valence-electron chi connectivity index (χ0n) is 37.4. The van der Waals surface area contributed by atoms with Gasteiger partial charge in [-0.15, -0.1) is 0 Å². The second-order valence-electron chi connectivity index (χ2n) is 23.2. The van der Waals surface area contributed by atoms with Crippen LogP contribution in [0.5, 0.6) is 0 Å². The van der Waals surface area contributed by atoms with E-state index in [0.717, 1.165) is 80.0 Å². The minimum atomic E-state index is -0.986. The third kappa shape index (κ3) is 8.19. The fourth-order valence-corrected chi connectivity index (χ4v) is 17.8. The molecule has 8 fully saturated rings. The number of carbonyl (C=O) groups excluding carboxylic acids is 1. The summed E-state index contributed by atoms with van der Waals surface area (Å²) >= 11 is 0. The zero-order chi connectivity index (χ0) is 41.8. The van der Waals surface area contributed by atoms with Crippen LogP contribution in [0.4, 0.5) is 0 Å². The predicted molar refractivity (Wildman–Crippen MR) is 228 cm³/mol. The van der Waals surface area contributed by atoms with Gasteiger partial charge in [0.15, 0.2) is 0 Å². The molecule has 1 amide bonds. The summed E-state index contributed by atoms with van der Waals surface area (Å²) in [7, 11) is 0. The summed E-state index contributed by atoms with van der Waals surface area (Å²) in [6.07, 6.45) is 24.8. The van der Waals surface area contributed by atoms with Crippen molar-refractivity contribution >= 4 is 17.8 Å². The van der Waals surface area contributed by atoms with Gasteiger partial charge >= 0.3 is 11.9 Å². The molecule has 8 saturated carbocycles. The molecule has 0 unspecified atom stereocenters. The van der Waals surface area contributed by atoms with Crippen LogP contribution in [-0.2, 0) is 14.4 Å². The number of carboxylic acids is 2. The molecule has 18 atom stereocenters. The van der Waals surface area contributed by atoms with Gasteiger partial charge in [-0.05, 0) is 221 Å². The number of fused-ring (bicyclic) bond motifs is 10. The van der Waals surface area contributed by atoms with Crippen molar-refractivity contribution in [2.75, 3.05) is 6.54 Å². The van der Waals surface area contributed by atoms with Crippen LogP contribution >= 0.6 is 0 Å². The lowest BCUT2D eigenvalue weighted by molar-refractivity contribution is -0.138. The fourth-order valence-electron chi connectivity index (χ4n) is 17.8. The van der Waals surface area contributed by atoms with Crippen molar-refractivity contribution in [1.29, 1.82) is 0 Å². The minimum absolute atomic E-state index is 0.0561. The van der Waals surface area contributed by atoms with Crippen LogP contribution in [0, 0.1) is 92.7 Å². The van der Waals surface area contributed by atoms with E-state index in [2.05, 4.69) is 46.9 Å². The molecule has 8 aliphatic rings. The molecule has 58 heavy (non-hydrogen) atoms. The third-order valence-electron chi connectivity index (χ3n) is 20.9. The average molecular weight is 810 g/mol. The summed E-state index contributed by atoms with van der Waals surface area (Å²) in [5, 5.41) is 40.8. The molecule has 8 nitrogen and oxygen atoms in total. The van der Waals surface area contributed by atoms with Crippen molar-refractivity contribution in [3.63, 3.8) is 0 Å². The molecule has 0 saturated heterocycles. The van der Waals surface area contributed by atoms with E-state index >= 15 is 0 Å². The van der Waals surface area contributed by atoms with Crippen molar-refractivity contribution in [3.8, 4) is 0 Å². The molecular formula is C50H83NO7. The Morgan fingerprint density at radius 1 is 0.534 bits per heavy atom. The van der Waals surface area contributed by atoms with E-state index in [0.29, 0.717) is 64.1 Å². The van der Waals surface area contributed by atoms with Crippen molar-refractivity contribution in [1.82, 2.24) is 5.32 Å². The van der Waals surface area contributed by atoms with Crippen LogP contribution < -0.4 is 5.32 Å². The van der Waals surface area contributed by atoms with Gasteiger partial charge in [0.25, 0.3) is 0 Å². The van der Waals surface area contributed by atoms with E-state index in [1.807, 2.05) is 0 Å². The Hall–Kier alpha value is -1.67. The van der Waals surface area contributed by atoms with Crippen molar-refractivity contribution in [2.24, 2.45) is 92.7 Å². The topological polar surface area (TPSA) is 144 Å². The maximum Gasteiger partial charge on any atom is 0.322 e. The summed E-state index contributed by atoms with van der Waals surface area (Å²) in [4.78, 5) is 33.7. The quantitative estimate of drug-likeness (QED) is 0.148. The molecule has 8 heteroatoms. The predicted octanol–water partition coefficient (Wildman–Crippen LogP) is 10.1. The molecule has 330 valence electrons. The van der Waals surface area contributed by atoms with Crippen LogP contribution in [0.3, 0.4) is 0 Å². The average Bonchev–Trinajstić information content (AvgIpc) is 3.73. The van der Waals surface area contributed by atoms with Crippen molar-refractivity contribution < 1.29 is 34.8 Å². The summed E-state index contributed by atoms with van der Waals surface area (Å²) in [5.41, 5.74) is 1.69. The Morgan fingerprint density at radius 3 is 1.38 bits per heavy atom. The first-order valence-electron chi connectivity index (χ1n) is 24.5. The van der Waals surface area contributed by atoms with Gasteiger partial charge < -0.3 is 25.7 Å². The van der Waals surface area contributed by atoms with Crippen LogP contribution in [0.15, 0.2) is 0 Å². The van der Waals surface area contributed by atoms with Gasteiger partial charge in [0, 0.05) is 12.8 Å². The lowest BCUT2D eigenvalue weighted by Gasteiger charge is -2.61. The molecule has 5 N–H and O–H groups in total. The maximum atomic E-state index is 12.0. The summed E-state index contributed by atoms with van der Waals surface area (Å²) < 4.78 is 0. The van der Waals surface area contributed by atoms with Crippen molar-refractivity contribution in [3.05, 3.63) is 0 Å². The van der Waals surface area contributed by atoms with Gasteiger partial charge in [0.05, 0.1) is 12.2 Å². The first-order chi connectivity index (χ1) is 27.4. The van der Waals surface area contributed by atoms with Gasteiger partial charge in [0.2, 0.25) is 5.91 Å². The van der Waals surface area contributed by atoms with Gasteiger partial charge in [-0.3, -0.25) is 14.4 Å². The SMILES string of the molecule is C[C@H](CCC(=O)NCC(=O)O)[C@H]1CC[C@H]2[C@@H]3CC[C@H]4C[C@@H](O)CC[C@]4(C)[C@H]3CC[C@]12C.C[C@H](CCC(=O)O)[C@H]1CC[C@H]2[C@@H]3CC[C@H]4C[C@@H](O)CC[C@]4(C)[C@H]3CC[C@]12C. The summed E-state index contributed by atoms with van der Waals surface area (Å²) in [6.45, 7) is 14.6. The molecular weight excluding hydrogens is 727 g/mol. The highest BCUT2D eigenvalue weighted by molar-refractivity contribution is 5.81.